The number of hydrogen-bond acceptors (Lipinski definition) is 6. The van der Waals surface area contributed by atoms with Crippen molar-refractivity contribution in [2.24, 2.45) is 4.99 Å². The molecule has 180 valence electrons. The van der Waals surface area contributed by atoms with Crippen LogP contribution in [0.1, 0.15) is 27.0 Å². The normalized spacial score (nSPS) is 11.8. The molecule has 0 aliphatic carbocycles. The number of rotatable bonds is 9. The van der Waals surface area contributed by atoms with Crippen molar-refractivity contribution < 1.29 is 19.4 Å². The summed E-state index contributed by atoms with van der Waals surface area (Å²) in [5.41, 5.74) is 5.04. The lowest BCUT2D eigenvalue weighted by molar-refractivity contribution is 0.0601. The summed E-state index contributed by atoms with van der Waals surface area (Å²) < 4.78 is 9.97. The largest absolute Gasteiger partial charge is 0.494 e. The Bertz CT molecular complexity index is 1330. The number of aromatic amines is 1. The number of aromatic nitrogens is 1. The maximum atomic E-state index is 12.0. The number of methoxy groups -OCH3 is 2. The molecule has 0 saturated carbocycles. The molecule has 35 heavy (non-hydrogen) atoms. The highest BCUT2D eigenvalue weighted by atomic mass is 16.5. The van der Waals surface area contributed by atoms with Gasteiger partial charge in [-0.25, -0.2) is 9.79 Å². The van der Waals surface area contributed by atoms with Crippen molar-refractivity contribution >= 4 is 28.3 Å². The molecule has 7 nitrogen and oxygen atoms in total. The lowest BCUT2D eigenvalue weighted by atomic mass is 10.00. The number of esters is 1. The van der Waals surface area contributed by atoms with Crippen LogP contribution in [0.5, 0.6) is 5.88 Å². The van der Waals surface area contributed by atoms with E-state index in [1.807, 2.05) is 42.5 Å². The lowest BCUT2D eigenvalue weighted by Crippen LogP contribution is -2.22. The van der Waals surface area contributed by atoms with Gasteiger partial charge in [0.2, 0.25) is 0 Å². The maximum absolute atomic E-state index is 12.0. The highest BCUT2D eigenvalue weighted by molar-refractivity contribution is 6.22. The Hall–Kier alpha value is -3.94. The minimum atomic E-state index is -0.438. The maximum Gasteiger partial charge on any atom is 0.337 e. The zero-order valence-corrected chi connectivity index (χ0v) is 20.1. The monoisotopic (exact) mass is 471 g/mol. The molecule has 0 saturated heterocycles. The number of nitrogens with zero attached hydrogens (tertiary/aromatic N) is 2. The van der Waals surface area contributed by atoms with Gasteiger partial charge in [0, 0.05) is 36.7 Å². The molecular weight excluding hydrogens is 442 g/mol. The molecule has 0 aliphatic heterocycles. The molecule has 0 fully saturated rings. The number of fused-ring (bicyclic) bond motifs is 1. The third-order valence-electron chi connectivity index (χ3n) is 5.79. The summed E-state index contributed by atoms with van der Waals surface area (Å²) in [7, 11) is 5.10. The van der Waals surface area contributed by atoms with Gasteiger partial charge in [0.05, 0.1) is 36.2 Å². The Morgan fingerprint density at radius 2 is 1.74 bits per heavy atom. The molecule has 4 aromatic rings. The first-order chi connectivity index (χ1) is 17.0. The van der Waals surface area contributed by atoms with Crippen molar-refractivity contribution in [1.29, 1.82) is 0 Å². The van der Waals surface area contributed by atoms with Gasteiger partial charge in [-0.15, -0.1) is 0 Å². The third kappa shape index (κ3) is 5.59. The van der Waals surface area contributed by atoms with Crippen LogP contribution in [0.4, 0.5) is 5.69 Å². The van der Waals surface area contributed by atoms with Crippen LogP contribution in [0.25, 0.3) is 10.9 Å². The van der Waals surface area contributed by atoms with Crippen LogP contribution in [0.3, 0.4) is 0 Å². The van der Waals surface area contributed by atoms with Gasteiger partial charge in [-0.2, -0.15) is 0 Å². The molecule has 3 aromatic carbocycles. The van der Waals surface area contributed by atoms with E-state index in [0.717, 1.165) is 29.7 Å². The molecule has 2 N–H and O–H groups in total. The second-order valence-corrected chi connectivity index (χ2v) is 8.32. The Morgan fingerprint density at radius 1 is 1.00 bits per heavy atom. The molecule has 0 amide bonds. The Labute approximate surface area is 204 Å². The van der Waals surface area contributed by atoms with E-state index in [2.05, 4.69) is 29.1 Å². The molecule has 0 aliphatic rings. The molecule has 0 atom stereocenters. The van der Waals surface area contributed by atoms with Crippen molar-refractivity contribution in [3.05, 3.63) is 95.1 Å². The second-order valence-electron chi connectivity index (χ2n) is 8.32. The van der Waals surface area contributed by atoms with E-state index in [4.69, 9.17) is 14.5 Å². The first kappa shape index (κ1) is 24.2. The quantitative estimate of drug-likeness (QED) is 0.268. The minimum absolute atomic E-state index is 0.0130. The first-order valence-electron chi connectivity index (χ1n) is 11.3. The summed E-state index contributed by atoms with van der Waals surface area (Å²) >= 11 is 0. The number of carbonyl (C=O) groups excluding carboxylic acids is 1. The summed E-state index contributed by atoms with van der Waals surface area (Å²) in [6.07, 6.45) is 0. The van der Waals surface area contributed by atoms with E-state index in [9.17, 15) is 9.90 Å². The molecule has 0 unspecified atom stereocenters. The van der Waals surface area contributed by atoms with Crippen LogP contribution < -0.4 is 0 Å². The first-order valence-corrected chi connectivity index (χ1v) is 11.3. The molecule has 7 heteroatoms. The number of ether oxygens (including phenoxy) is 2. The van der Waals surface area contributed by atoms with E-state index in [1.54, 1.807) is 25.3 Å². The highest BCUT2D eigenvalue weighted by Crippen LogP contribution is 2.32. The fourth-order valence-corrected chi connectivity index (χ4v) is 3.97. The Morgan fingerprint density at radius 3 is 2.43 bits per heavy atom. The molecule has 1 heterocycles. The predicted molar refractivity (Wildman–Crippen MR) is 138 cm³/mol. The van der Waals surface area contributed by atoms with Crippen LogP contribution in [-0.2, 0) is 16.0 Å². The van der Waals surface area contributed by atoms with Crippen molar-refractivity contribution in [3.8, 4) is 5.88 Å². The van der Waals surface area contributed by atoms with Crippen LogP contribution in [0.15, 0.2) is 77.8 Å². The summed E-state index contributed by atoms with van der Waals surface area (Å²) in [4.78, 5) is 22.1. The number of aromatic hydroxyl groups is 1. The number of hydrogen-bond donors (Lipinski definition) is 2. The van der Waals surface area contributed by atoms with E-state index in [0.29, 0.717) is 29.0 Å². The SMILES string of the molecule is COCCN(C)Cc1ccc(N=C(c2ccccc2)c2c(O)[nH]c3cc(C(=O)OC)ccc23)cc1. The molecular formula is C28H29N3O4. The van der Waals surface area contributed by atoms with Crippen LogP contribution >= 0.6 is 0 Å². The van der Waals surface area contributed by atoms with Gasteiger partial charge in [-0.05, 0) is 36.9 Å². The average molecular weight is 472 g/mol. The molecule has 0 radical (unpaired) electrons. The fraction of sp³-hybridized carbons (Fsp3) is 0.214. The number of carbonyl (C=O) groups is 1. The highest BCUT2D eigenvalue weighted by Gasteiger charge is 2.20. The van der Waals surface area contributed by atoms with Crippen molar-refractivity contribution in [1.82, 2.24) is 9.88 Å². The van der Waals surface area contributed by atoms with E-state index in [1.165, 1.54) is 12.7 Å². The zero-order chi connectivity index (χ0) is 24.8. The Balaban J connectivity index is 1.73. The van der Waals surface area contributed by atoms with Gasteiger partial charge in [0.15, 0.2) is 5.88 Å². The predicted octanol–water partition coefficient (Wildman–Crippen LogP) is 4.91. The minimum Gasteiger partial charge on any atom is -0.494 e. The number of nitrogens with one attached hydrogen (secondary N) is 1. The van der Waals surface area contributed by atoms with Crippen LogP contribution in [0.2, 0.25) is 0 Å². The van der Waals surface area contributed by atoms with Crippen molar-refractivity contribution in [2.75, 3.05) is 34.4 Å². The van der Waals surface area contributed by atoms with Gasteiger partial charge >= 0.3 is 5.97 Å². The number of benzene rings is 3. The van der Waals surface area contributed by atoms with Gasteiger partial charge < -0.3 is 19.6 Å². The molecule has 0 spiro atoms. The standard InChI is InChI=1S/C28H29N3O4/c1-31(15-16-34-2)18-19-9-12-22(13-10-19)29-26(20-7-5-4-6-8-20)25-23-14-11-21(28(33)35-3)17-24(23)30-27(25)32/h4-14,17,30,32H,15-16,18H2,1-3H3. The van der Waals surface area contributed by atoms with Crippen molar-refractivity contribution in [3.63, 3.8) is 0 Å². The summed E-state index contributed by atoms with van der Waals surface area (Å²) in [6, 6.07) is 22.9. The Kier molecular flexibility index (Phi) is 7.60. The van der Waals surface area contributed by atoms with Crippen LogP contribution in [-0.4, -0.2) is 61.1 Å². The van der Waals surface area contributed by atoms with Gasteiger partial charge in [0.25, 0.3) is 0 Å². The fourth-order valence-electron chi connectivity index (χ4n) is 3.97. The van der Waals surface area contributed by atoms with Gasteiger partial charge in [-0.3, -0.25) is 4.90 Å². The number of aliphatic imine (C=N–C) groups is 1. The second kappa shape index (κ2) is 11.0. The average Bonchev–Trinajstić information content (AvgIpc) is 3.21. The van der Waals surface area contributed by atoms with Crippen LogP contribution in [0, 0.1) is 0 Å². The number of H-pyrrole nitrogens is 1. The summed E-state index contributed by atoms with van der Waals surface area (Å²) in [6.45, 7) is 2.35. The van der Waals surface area contributed by atoms with E-state index < -0.39 is 5.97 Å². The lowest BCUT2D eigenvalue weighted by Gasteiger charge is -2.16. The number of likely N-dealkylation sites (N-methyl/N-ethyl adjacent to an activating group) is 1. The van der Waals surface area contributed by atoms with E-state index >= 15 is 0 Å². The smallest absolute Gasteiger partial charge is 0.337 e. The summed E-state index contributed by atoms with van der Waals surface area (Å²) in [5.74, 6) is -0.451. The summed E-state index contributed by atoms with van der Waals surface area (Å²) in [5, 5.41) is 11.6. The molecule has 0 bridgehead atoms. The van der Waals surface area contributed by atoms with Gasteiger partial charge in [0.1, 0.15) is 0 Å². The van der Waals surface area contributed by atoms with Crippen molar-refractivity contribution in [2.45, 2.75) is 6.54 Å². The van der Waals surface area contributed by atoms with Gasteiger partial charge in [-0.1, -0.05) is 48.5 Å². The zero-order valence-electron chi connectivity index (χ0n) is 20.1. The third-order valence-corrected chi connectivity index (χ3v) is 5.79. The molecule has 1 aromatic heterocycles. The topological polar surface area (TPSA) is 87.2 Å². The van der Waals surface area contributed by atoms with E-state index in [-0.39, 0.29) is 5.88 Å². The molecule has 4 rings (SSSR count).